The van der Waals surface area contributed by atoms with E-state index in [-0.39, 0.29) is 24.8 Å². The Morgan fingerprint density at radius 1 is 1.56 bits per heavy atom. The molecule has 1 fully saturated rings. The van der Waals surface area contributed by atoms with Crippen molar-refractivity contribution in [1.29, 1.82) is 0 Å². The largest absolute Gasteiger partial charge is 0.481 e. The molecule has 100 valence electrons. The lowest BCUT2D eigenvalue weighted by Crippen LogP contribution is -2.17. The topological polar surface area (TPSA) is 61.0 Å². The third-order valence-corrected chi connectivity index (χ3v) is 3.35. The minimum Gasteiger partial charge on any atom is -0.481 e. The van der Waals surface area contributed by atoms with Gasteiger partial charge in [-0.25, -0.2) is 18.7 Å². The average Bonchev–Trinajstić information content (AvgIpc) is 2.68. The lowest BCUT2D eigenvalue weighted by molar-refractivity contribution is 0.00444. The zero-order chi connectivity index (χ0) is 13.2. The molecule has 0 amide bonds. The molecule has 1 aliphatic carbocycles. The van der Waals surface area contributed by atoms with Crippen LogP contribution in [-0.2, 0) is 0 Å². The fourth-order valence-electron chi connectivity index (χ4n) is 2.39. The Morgan fingerprint density at radius 2 is 2.33 bits per heavy atom. The Kier molecular flexibility index (Phi) is 3.75. The van der Waals surface area contributed by atoms with E-state index in [2.05, 4.69) is 9.97 Å². The maximum atomic E-state index is 13.1. The molecule has 2 N–H and O–H groups in total. The molecule has 1 saturated carbocycles. The highest BCUT2D eigenvalue weighted by atomic mass is 19.3. The van der Waals surface area contributed by atoms with Crippen LogP contribution < -0.4 is 10.5 Å². The molecule has 6 heteroatoms. The second kappa shape index (κ2) is 5.14. The molecule has 0 spiro atoms. The second-order valence-corrected chi connectivity index (χ2v) is 4.79. The molecule has 2 atom stereocenters. The molecular formula is C12H17F2N3O. The Hall–Kier alpha value is -1.30. The quantitative estimate of drug-likeness (QED) is 0.899. The lowest BCUT2D eigenvalue weighted by atomic mass is 9.97. The zero-order valence-corrected chi connectivity index (χ0v) is 10.3. The van der Waals surface area contributed by atoms with Crippen molar-refractivity contribution in [3.63, 3.8) is 0 Å². The Labute approximate surface area is 105 Å². The van der Waals surface area contributed by atoms with Gasteiger partial charge in [-0.2, -0.15) is 0 Å². The van der Waals surface area contributed by atoms with Crippen LogP contribution in [0.2, 0.25) is 0 Å². The SMILES string of the molecule is COc1cc(C(N)CC2CCC(F)(F)C2)ncn1. The minimum atomic E-state index is -2.52. The molecule has 2 rings (SSSR count). The van der Waals surface area contributed by atoms with Crippen molar-refractivity contribution in [3.05, 3.63) is 18.1 Å². The molecular weight excluding hydrogens is 240 g/mol. The number of halogens is 2. The van der Waals surface area contributed by atoms with E-state index in [1.54, 1.807) is 6.07 Å². The van der Waals surface area contributed by atoms with E-state index in [1.165, 1.54) is 13.4 Å². The molecule has 1 aromatic rings. The molecule has 0 saturated heterocycles. The van der Waals surface area contributed by atoms with Gasteiger partial charge in [-0.1, -0.05) is 0 Å². The van der Waals surface area contributed by atoms with Crippen LogP contribution in [0.25, 0.3) is 0 Å². The lowest BCUT2D eigenvalue weighted by Gasteiger charge is -2.16. The third-order valence-electron chi connectivity index (χ3n) is 3.35. The van der Waals surface area contributed by atoms with E-state index in [1.807, 2.05) is 0 Å². The Balaban J connectivity index is 1.97. The first kappa shape index (κ1) is 13.1. The van der Waals surface area contributed by atoms with E-state index < -0.39 is 5.92 Å². The van der Waals surface area contributed by atoms with Crippen LogP contribution in [0.15, 0.2) is 12.4 Å². The molecule has 2 unspecified atom stereocenters. The maximum absolute atomic E-state index is 13.1. The summed E-state index contributed by atoms with van der Waals surface area (Å²) in [7, 11) is 1.51. The van der Waals surface area contributed by atoms with Crippen molar-refractivity contribution in [2.24, 2.45) is 11.7 Å². The number of methoxy groups -OCH3 is 1. The van der Waals surface area contributed by atoms with E-state index in [0.717, 1.165) is 0 Å². The maximum Gasteiger partial charge on any atom is 0.248 e. The van der Waals surface area contributed by atoms with E-state index >= 15 is 0 Å². The van der Waals surface area contributed by atoms with Gasteiger partial charge in [0.2, 0.25) is 11.8 Å². The predicted octanol–water partition coefficient (Wildman–Crippen LogP) is 2.31. The summed E-state index contributed by atoms with van der Waals surface area (Å²) in [6, 6.07) is 1.30. The standard InChI is InChI=1S/C12H17F2N3O/c1-18-11-5-10(16-7-17-11)9(15)4-8-2-3-12(13,14)6-8/h5,7-9H,2-4,6,15H2,1H3. The van der Waals surface area contributed by atoms with Crippen molar-refractivity contribution in [2.45, 2.75) is 37.6 Å². The van der Waals surface area contributed by atoms with Gasteiger partial charge in [0.05, 0.1) is 12.8 Å². The van der Waals surface area contributed by atoms with Gasteiger partial charge >= 0.3 is 0 Å². The molecule has 0 radical (unpaired) electrons. The summed E-state index contributed by atoms with van der Waals surface area (Å²) in [6.45, 7) is 0. The monoisotopic (exact) mass is 257 g/mol. The van der Waals surface area contributed by atoms with Gasteiger partial charge < -0.3 is 10.5 Å². The molecule has 18 heavy (non-hydrogen) atoms. The average molecular weight is 257 g/mol. The molecule has 1 aromatic heterocycles. The molecule has 4 nitrogen and oxygen atoms in total. The van der Waals surface area contributed by atoms with Crippen LogP contribution in [0.5, 0.6) is 5.88 Å². The Morgan fingerprint density at radius 3 is 2.94 bits per heavy atom. The molecule has 1 heterocycles. The van der Waals surface area contributed by atoms with Gasteiger partial charge in [0, 0.05) is 24.9 Å². The number of hydrogen-bond acceptors (Lipinski definition) is 4. The second-order valence-electron chi connectivity index (χ2n) is 4.79. The normalized spacial score (nSPS) is 23.9. The summed E-state index contributed by atoms with van der Waals surface area (Å²) in [5.41, 5.74) is 6.63. The van der Waals surface area contributed by atoms with Crippen LogP contribution in [0.1, 0.15) is 37.4 Å². The number of rotatable bonds is 4. The van der Waals surface area contributed by atoms with E-state index in [9.17, 15) is 8.78 Å². The molecule has 0 bridgehead atoms. The number of alkyl halides is 2. The predicted molar refractivity (Wildman–Crippen MR) is 62.4 cm³/mol. The van der Waals surface area contributed by atoms with Crippen molar-refractivity contribution in [3.8, 4) is 5.88 Å². The van der Waals surface area contributed by atoms with Gasteiger partial charge in [0.15, 0.2) is 0 Å². The van der Waals surface area contributed by atoms with Crippen molar-refractivity contribution in [2.75, 3.05) is 7.11 Å². The summed E-state index contributed by atoms with van der Waals surface area (Å²) in [5.74, 6) is -2.11. The summed E-state index contributed by atoms with van der Waals surface area (Å²) < 4.78 is 31.1. The van der Waals surface area contributed by atoms with Crippen LogP contribution in [-0.4, -0.2) is 23.0 Å². The first-order chi connectivity index (χ1) is 8.50. The fourth-order valence-corrected chi connectivity index (χ4v) is 2.39. The van der Waals surface area contributed by atoms with E-state index in [0.29, 0.717) is 24.4 Å². The summed E-state index contributed by atoms with van der Waals surface area (Å²) in [6.07, 6.45) is 2.33. The first-order valence-electron chi connectivity index (χ1n) is 5.99. The summed E-state index contributed by atoms with van der Waals surface area (Å²) in [5, 5.41) is 0. The van der Waals surface area contributed by atoms with Crippen LogP contribution in [0.4, 0.5) is 8.78 Å². The number of ether oxygens (including phenoxy) is 1. The summed E-state index contributed by atoms with van der Waals surface area (Å²) >= 11 is 0. The number of nitrogens with two attached hydrogens (primary N) is 1. The van der Waals surface area contributed by atoms with Crippen molar-refractivity contribution in [1.82, 2.24) is 9.97 Å². The zero-order valence-electron chi connectivity index (χ0n) is 10.3. The summed E-state index contributed by atoms with van der Waals surface area (Å²) in [4.78, 5) is 7.95. The van der Waals surface area contributed by atoms with Gasteiger partial charge in [-0.05, 0) is 18.8 Å². The van der Waals surface area contributed by atoms with Gasteiger partial charge in [0.25, 0.3) is 0 Å². The first-order valence-corrected chi connectivity index (χ1v) is 5.99. The Bertz CT molecular complexity index is 414. The number of hydrogen-bond donors (Lipinski definition) is 1. The van der Waals surface area contributed by atoms with Gasteiger partial charge in [0.1, 0.15) is 6.33 Å². The smallest absolute Gasteiger partial charge is 0.248 e. The molecule has 1 aliphatic rings. The van der Waals surface area contributed by atoms with Gasteiger partial charge in [-0.15, -0.1) is 0 Å². The fraction of sp³-hybridized carbons (Fsp3) is 0.667. The highest BCUT2D eigenvalue weighted by molar-refractivity contribution is 5.16. The third kappa shape index (κ3) is 3.13. The number of nitrogens with zero attached hydrogens (tertiary/aromatic N) is 2. The molecule has 0 aromatic carbocycles. The highest BCUT2D eigenvalue weighted by Gasteiger charge is 2.39. The number of aromatic nitrogens is 2. The van der Waals surface area contributed by atoms with Crippen LogP contribution in [0, 0.1) is 5.92 Å². The van der Waals surface area contributed by atoms with E-state index in [4.69, 9.17) is 10.5 Å². The van der Waals surface area contributed by atoms with Crippen molar-refractivity contribution < 1.29 is 13.5 Å². The van der Waals surface area contributed by atoms with Crippen LogP contribution >= 0.6 is 0 Å². The minimum absolute atomic E-state index is 0.0303. The molecule has 0 aliphatic heterocycles. The van der Waals surface area contributed by atoms with Gasteiger partial charge in [-0.3, -0.25) is 0 Å². The highest BCUT2D eigenvalue weighted by Crippen LogP contribution is 2.41. The van der Waals surface area contributed by atoms with Crippen LogP contribution in [0.3, 0.4) is 0 Å². The van der Waals surface area contributed by atoms with Crippen molar-refractivity contribution >= 4 is 0 Å².